The Morgan fingerprint density at radius 2 is 1.67 bits per heavy atom. The van der Waals surface area contributed by atoms with Crippen molar-refractivity contribution in [3.05, 3.63) is 64.0 Å². The van der Waals surface area contributed by atoms with Crippen molar-refractivity contribution in [2.24, 2.45) is 11.8 Å². The zero-order valence-electron chi connectivity index (χ0n) is 33.4. The summed E-state index contributed by atoms with van der Waals surface area (Å²) in [5.74, 6) is -1.28. The lowest BCUT2D eigenvalue weighted by Gasteiger charge is -2.15. The van der Waals surface area contributed by atoms with Crippen LogP contribution in [0, 0.1) is 31.5 Å². The number of hydrogen-bond acceptors (Lipinski definition) is 10. The predicted octanol–water partition coefficient (Wildman–Crippen LogP) is 10.7. The smallest absolute Gasteiger partial charge is 0.418 e. The van der Waals surface area contributed by atoms with E-state index in [1.165, 1.54) is 38.6 Å². The molecule has 0 spiro atoms. The molecular formula is C40H56F2N3O7PS. The van der Waals surface area contributed by atoms with Gasteiger partial charge >= 0.3 is 5.78 Å². The monoisotopic (exact) mass is 791 g/mol. The minimum absolute atomic E-state index is 0.0202. The Morgan fingerprint density at radius 3 is 2.26 bits per heavy atom. The van der Waals surface area contributed by atoms with Crippen molar-refractivity contribution in [1.82, 2.24) is 9.97 Å². The fourth-order valence-corrected chi connectivity index (χ4v) is 6.91. The molecule has 5 rings (SSSR count). The number of aryl methyl sites for hydroxylation is 2. The van der Waals surface area contributed by atoms with Crippen molar-refractivity contribution in [2.45, 2.75) is 93.3 Å². The van der Waals surface area contributed by atoms with Gasteiger partial charge in [-0.3, -0.25) is 9.59 Å². The molecule has 4 atom stereocenters. The lowest BCUT2D eigenvalue weighted by molar-refractivity contribution is -0.104. The first-order valence-electron chi connectivity index (χ1n) is 18.1. The van der Waals surface area contributed by atoms with Crippen molar-refractivity contribution < 1.29 is 42.1 Å². The van der Waals surface area contributed by atoms with Crippen molar-refractivity contribution in [3.63, 3.8) is 0 Å². The Bertz CT molecular complexity index is 1810. The third-order valence-corrected chi connectivity index (χ3v) is 9.19. The summed E-state index contributed by atoms with van der Waals surface area (Å²) >= 11 is 1.55. The number of nitrogens with zero attached hydrogens (tertiary/aromatic N) is 2. The molecule has 0 saturated heterocycles. The van der Waals surface area contributed by atoms with E-state index in [9.17, 15) is 18.4 Å². The van der Waals surface area contributed by atoms with Gasteiger partial charge in [0.15, 0.2) is 23.1 Å². The first-order valence-corrected chi connectivity index (χ1v) is 19.5. The van der Waals surface area contributed by atoms with E-state index < -0.39 is 17.5 Å². The summed E-state index contributed by atoms with van der Waals surface area (Å²) in [6, 6.07) is 7.26. The maximum Gasteiger partial charge on any atom is 0.418 e. The van der Waals surface area contributed by atoms with Gasteiger partial charge < -0.3 is 29.0 Å². The molecule has 0 saturated carbocycles. The van der Waals surface area contributed by atoms with E-state index in [1.54, 1.807) is 41.7 Å². The average molecular weight is 792 g/mol. The second-order valence-corrected chi connectivity index (χ2v) is 14.5. The summed E-state index contributed by atoms with van der Waals surface area (Å²) in [7, 11) is 6.51. The molecule has 1 N–H and O–H groups in total. The van der Waals surface area contributed by atoms with Crippen molar-refractivity contribution in [3.8, 4) is 23.1 Å². The molecule has 1 aliphatic heterocycles. The number of rotatable bonds is 13. The first-order chi connectivity index (χ1) is 25.7. The number of halogens is 2. The highest BCUT2D eigenvalue weighted by Gasteiger charge is 2.38. The molecule has 0 aliphatic carbocycles. The molecule has 3 heterocycles. The maximum atomic E-state index is 14.1. The van der Waals surface area contributed by atoms with Crippen LogP contribution in [0.5, 0.6) is 23.1 Å². The van der Waals surface area contributed by atoms with Crippen molar-refractivity contribution in [2.75, 3.05) is 33.3 Å². The summed E-state index contributed by atoms with van der Waals surface area (Å²) in [4.78, 5) is 32.9. The zero-order valence-corrected chi connectivity index (χ0v) is 35.3. The van der Waals surface area contributed by atoms with Gasteiger partial charge in [-0.2, -0.15) is 4.39 Å². The lowest BCUT2D eigenvalue weighted by Crippen LogP contribution is -2.23. The summed E-state index contributed by atoms with van der Waals surface area (Å²) in [5, 5.41) is 3.38. The number of alkyl halides is 1. The van der Waals surface area contributed by atoms with Crippen LogP contribution in [0.2, 0.25) is 0 Å². The van der Waals surface area contributed by atoms with E-state index in [0.29, 0.717) is 23.3 Å². The molecule has 4 unspecified atom stereocenters. The number of carbonyl (C=O) groups excluding carboxylic acids is 2. The van der Waals surface area contributed by atoms with Gasteiger partial charge in [-0.25, -0.2) is 14.4 Å². The number of amides is 1. The van der Waals surface area contributed by atoms with Gasteiger partial charge in [-0.05, 0) is 65.5 Å². The Kier molecular flexibility index (Phi) is 19.2. The number of ketones is 1. The molecule has 1 amide bonds. The second kappa shape index (κ2) is 22.4. The molecule has 2 aromatic carbocycles. The number of carbonyl (C=O) groups is 2. The van der Waals surface area contributed by atoms with E-state index in [-0.39, 0.29) is 34.4 Å². The number of nitrogens with one attached hydrogen (secondary N) is 1. The van der Waals surface area contributed by atoms with Crippen molar-refractivity contribution in [1.29, 1.82) is 0 Å². The van der Waals surface area contributed by atoms with Gasteiger partial charge in [0, 0.05) is 50.1 Å². The largest absolute Gasteiger partial charge is 0.496 e. The topological polar surface area (TPSA) is 118 Å². The molecule has 14 heteroatoms. The minimum atomic E-state index is -2.45. The lowest BCUT2D eigenvalue weighted by atomic mass is 9.94. The van der Waals surface area contributed by atoms with Gasteiger partial charge in [0.2, 0.25) is 5.88 Å². The number of aromatic nitrogens is 2. The van der Waals surface area contributed by atoms with Crippen LogP contribution in [0.3, 0.4) is 0 Å². The summed E-state index contributed by atoms with van der Waals surface area (Å²) in [6.45, 7) is 17.4. The Hall–Kier alpha value is -3.93. The summed E-state index contributed by atoms with van der Waals surface area (Å²) in [5.41, 5.74) is 2.26. The van der Waals surface area contributed by atoms with Gasteiger partial charge in [-0.15, -0.1) is 11.3 Å². The van der Waals surface area contributed by atoms with Crippen LogP contribution in [0.4, 0.5) is 14.5 Å². The van der Waals surface area contributed by atoms with E-state index >= 15 is 0 Å². The molecule has 2 aromatic heterocycles. The van der Waals surface area contributed by atoms with Crippen LogP contribution in [0.1, 0.15) is 105 Å². The number of benzene rings is 2. The molecule has 54 heavy (non-hydrogen) atoms. The van der Waals surface area contributed by atoms with Gasteiger partial charge in [0.25, 0.3) is 5.91 Å². The Morgan fingerprint density at radius 1 is 1.00 bits per heavy atom. The van der Waals surface area contributed by atoms with Crippen LogP contribution >= 0.6 is 20.6 Å². The van der Waals surface area contributed by atoms with Crippen LogP contribution in [0.25, 0.3) is 10.2 Å². The van der Waals surface area contributed by atoms with Gasteiger partial charge in [0.05, 0.1) is 40.7 Å². The van der Waals surface area contributed by atoms with E-state index in [2.05, 4.69) is 36.1 Å². The third kappa shape index (κ3) is 13.4. The normalized spacial score (nSPS) is 15.0. The summed E-state index contributed by atoms with van der Waals surface area (Å²) in [6.07, 6.45) is 6.83. The van der Waals surface area contributed by atoms with Crippen LogP contribution in [-0.4, -0.2) is 55.4 Å². The zero-order chi connectivity index (χ0) is 40.6. The van der Waals surface area contributed by atoms with Crippen LogP contribution < -0.4 is 24.3 Å². The SMILES string of the molecule is CC.CCCC(=O)c1c(OC)ccc2nc(C)sc12.CCCC(C)CC(C)COC.COc1cc(C(=O)Nc2cc3c(cc2F)OC(F)(P)O3)c(C)cn1. The number of fused-ring (bicyclic) bond motifs is 2. The standard InChI is InChI=1S/C15H13F2N2O4P.C13H15NO2S.C10H22O.C2H6/c1-7-6-18-13(21-2)3-8(7)14(20)19-10-5-12-11(4-9(10)16)22-15(17,24)23-12;1-4-5-10(15)12-11(16-3)7-6-9-13(12)17-8(2)14-9;1-5-6-9(2)7-10(3)8-11-4;1-2/h3-6H,24H2,1-2H3,(H,19,20);6-7H,4-5H2,1-3H3;9-10H,5-8H2,1-4H3;1-2H3. The van der Waals surface area contributed by atoms with Crippen molar-refractivity contribution >= 4 is 48.2 Å². The number of methoxy groups -OCH3 is 3. The highest BCUT2D eigenvalue weighted by atomic mass is 32.1. The first kappa shape index (κ1) is 46.2. The molecular weight excluding hydrogens is 735 g/mol. The van der Waals surface area contributed by atoms with E-state index in [4.69, 9.17) is 23.7 Å². The molecule has 0 radical (unpaired) electrons. The average Bonchev–Trinajstić information content (AvgIpc) is 3.65. The molecule has 1 aliphatic rings. The van der Waals surface area contributed by atoms with Crippen LogP contribution in [0.15, 0.2) is 36.5 Å². The van der Waals surface area contributed by atoms with Crippen LogP contribution in [-0.2, 0) is 4.74 Å². The number of hydrogen-bond donors (Lipinski definition) is 1. The molecule has 0 bridgehead atoms. The maximum absolute atomic E-state index is 14.1. The highest BCUT2D eigenvalue weighted by Crippen LogP contribution is 2.45. The highest BCUT2D eigenvalue weighted by molar-refractivity contribution is 7.19. The fraction of sp³-hybridized carbons (Fsp3) is 0.500. The molecule has 10 nitrogen and oxygen atoms in total. The van der Waals surface area contributed by atoms with E-state index in [1.807, 2.05) is 39.8 Å². The van der Waals surface area contributed by atoms with E-state index in [0.717, 1.165) is 52.2 Å². The molecule has 4 aromatic rings. The number of thiazole rings is 1. The predicted molar refractivity (Wildman–Crippen MR) is 216 cm³/mol. The fourth-order valence-electron chi connectivity index (χ4n) is 5.68. The number of Topliss-reactive ketones (excluding diaryl/α,β-unsaturated/α-hetero) is 1. The Labute approximate surface area is 324 Å². The minimum Gasteiger partial charge on any atom is -0.496 e. The molecule has 0 fully saturated rings. The van der Waals surface area contributed by atoms with Gasteiger partial charge in [-0.1, -0.05) is 54.4 Å². The third-order valence-electron chi connectivity index (χ3n) is 7.95. The second-order valence-electron chi connectivity index (χ2n) is 12.6. The molecule has 298 valence electrons. The Balaban J connectivity index is 0.000000294. The number of ether oxygens (including phenoxy) is 5. The van der Waals surface area contributed by atoms with Gasteiger partial charge in [0.1, 0.15) is 5.75 Å². The number of pyridine rings is 1. The summed E-state index contributed by atoms with van der Waals surface area (Å²) < 4.78 is 53.6. The number of anilines is 1. The quantitative estimate of drug-likeness (QED) is 0.104.